The minimum absolute atomic E-state index is 0.190. The van der Waals surface area contributed by atoms with Gasteiger partial charge in [-0.05, 0) is 6.42 Å². The van der Waals surface area contributed by atoms with Crippen LogP contribution in [0.3, 0.4) is 0 Å². The van der Waals surface area contributed by atoms with Crippen LogP contribution in [-0.2, 0) is 13.0 Å². The van der Waals surface area contributed by atoms with E-state index in [1.54, 1.807) is 6.08 Å². The van der Waals surface area contributed by atoms with Crippen LogP contribution in [0.15, 0.2) is 24.8 Å². The minimum Gasteiger partial charge on any atom is -0.494 e. The van der Waals surface area contributed by atoms with Crippen LogP contribution in [0, 0.1) is 0 Å². The molecule has 2 N–H and O–H groups in total. The van der Waals surface area contributed by atoms with Gasteiger partial charge in [-0.2, -0.15) is 0 Å². The SMILES string of the molecule is C=CCn1c(O)c2c(c1O)C([Si](C)(C)C)C=CC2. The Kier molecular flexibility index (Phi) is 3.15. The fourth-order valence-electron chi connectivity index (χ4n) is 2.63. The van der Waals surface area contributed by atoms with Crippen LogP contribution in [-0.4, -0.2) is 22.9 Å². The van der Waals surface area contributed by atoms with Gasteiger partial charge in [-0.1, -0.05) is 37.9 Å². The van der Waals surface area contributed by atoms with E-state index in [4.69, 9.17) is 0 Å². The summed E-state index contributed by atoms with van der Waals surface area (Å²) in [6.45, 7) is 10.9. The van der Waals surface area contributed by atoms with E-state index in [-0.39, 0.29) is 17.3 Å². The van der Waals surface area contributed by atoms with Crippen molar-refractivity contribution in [3.8, 4) is 11.8 Å². The predicted molar refractivity (Wildman–Crippen MR) is 76.9 cm³/mol. The summed E-state index contributed by atoms with van der Waals surface area (Å²) in [5.41, 5.74) is 2.07. The summed E-state index contributed by atoms with van der Waals surface area (Å²) in [4.78, 5) is 0. The molecule has 3 nitrogen and oxygen atoms in total. The van der Waals surface area contributed by atoms with Gasteiger partial charge in [0.1, 0.15) is 0 Å². The predicted octanol–water partition coefficient (Wildman–Crippen LogP) is 3.16. The van der Waals surface area contributed by atoms with Crippen LogP contribution < -0.4 is 0 Å². The highest BCUT2D eigenvalue weighted by Crippen LogP contribution is 2.45. The van der Waals surface area contributed by atoms with Gasteiger partial charge < -0.3 is 10.2 Å². The maximum absolute atomic E-state index is 10.4. The molecule has 0 aromatic carbocycles. The highest BCUT2D eigenvalue weighted by Gasteiger charge is 2.35. The number of hydrogen-bond donors (Lipinski definition) is 2. The van der Waals surface area contributed by atoms with Gasteiger partial charge in [0.05, 0.1) is 8.07 Å². The van der Waals surface area contributed by atoms with Gasteiger partial charge in [0.15, 0.2) is 11.8 Å². The molecule has 0 amide bonds. The Morgan fingerprint density at radius 3 is 2.61 bits per heavy atom. The average Bonchev–Trinajstić information content (AvgIpc) is 2.54. The van der Waals surface area contributed by atoms with E-state index in [1.165, 1.54) is 4.57 Å². The molecular weight excluding hydrogens is 242 g/mol. The topological polar surface area (TPSA) is 45.4 Å². The Bertz CT molecular complexity index is 509. The molecule has 0 saturated carbocycles. The molecule has 1 atom stereocenters. The molecule has 18 heavy (non-hydrogen) atoms. The van der Waals surface area contributed by atoms with Gasteiger partial charge in [-0.3, -0.25) is 4.57 Å². The Labute approximate surface area is 109 Å². The van der Waals surface area contributed by atoms with Crippen molar-refractivity contribution in [1.82, 2.24) is 4.57 Å². The number of hydrogen-bond acceptors (Lipinski definition) is 2. The maximum atomic E-state index is 10.4. The second-order valence-corrected chi connectivity index (χ2v) is 11.3. The van der Waals surface area contributed by atoms with Crippen molar-refractivity contribution >= 4 is 8.07 Å². The minimum atomic E-state index is -1.47. The summed E-state index contributed by atoms with van der Waals surface area (Å²) in [6.07, 6.45) is 6.66. The number of allylic oxidation sites excluding steroid dienone is 3. The third kappa shape index (κ3) is 1.90. The summed E-state index contributed by atoms with van der Waals surface area (Å²) in [7, 11) is -1.47. The van der Waals surface area contributed by atoms with Gasteiger partial charge in [0.25, 0.3) is 0 Å². The standard InChI is InChI=1S/C14H21NO2Si/c1-5-9-15-13(16)10-7-6-8-11(18(2,3)4)12(10)14(15)17/h5-6,8,11,16-17H,1,7,9H2,2-4H3. The Morgan fingerprint density at radius 1 is 1.39 bits per heavy atom. The molecule has 0 aliphatic heterocycles. The van der Waals surface area contributed by atoms with Crippen LogP contribution in [0.2, 0.25) is 19.6 Å². The molecule has 0 fully saturated rings. The lowest BCUT2D eigenvalue weighted by atomic mass is 10.0. The monoisotopic (exact) mass is 263 g/mol. The van der Waals surface area contributed by atoms with Crippen molar-refractivity contribution in [2.75, 3.05) is 0 Å². The van der Waals surface area contributed by atoms with E-state index in [2.05, 4.69) is 38.4 Å². The quantitative estimate of drug-likeness (QED) is 0.650. The van der Waals surface area contributed by atoms with Crippen LogP contribution in [0.4, 0.5) is 0 Å². The van der Waals surface area contributed by atoms with Gasteiger partial charge in [-0.25, -0.2) is 0 Å². The third-order valence-electron chi connectivity index (χ3n) is 3.55. The first-order chi connectivity index (χ1) is 8.38. The molecule has 1 aliphatic rings. The second kappa shape index (κ2) is 4.35. The van der Waals surface area contributed by atoms with E-state index in [0.717, 1.165) is 11.1 Å². The molecular formula is C14H21NO2Si. The van der Waals surface area contributed by atoms with Gasteiger partial charge in [0.2, 0.25) is 0 Å². The molecule has 1 unspecified atom stereocenters. The average molecular weight is 263 g/mol. The largest absolute Gasteiger partial charge is 0.494 e. The first-order valence-corrected chi connectivity index (χ1v) is 9.86. The zero-order valence-electron chi connectivity index (χ0n) is 11.3. The zero-order chi connectivity index (χ0) is 13.5. The number of aromatic hydroxyl groups is 2. The van der Waals surface area contributed by atoms with E-state index in [9.17, 15) is 10.2 Å². The third-order valence-corrected chi connectivity index (χ3v) is 5.90. The fraction of sp³-hybridized carbons (Fsp3) is 0.429. The number of aromatic nitrogens is 1. The highest BCUT2D eigenvalue weighted by atomic mass is 28.3. The maximum Gasteiger partial charge on any atom is 0.198 e. The van der Waals surface area contributed by atoms with Crippen molar-refractivity contribution in [3.05, 3.63) is 35.9 Å². The van der Waals surface area contributed by atoms with Crippen LogP contribution >= 0.6 is 0 Å². The van der Waals surface area contributed by atoms with E-state index >= 15 is 0 Å². The molecule has 1 aliphatic carbocycles. The normalized spacial score (nSPS) is 18.7. The Balaban J connectivity index is 2.60. The van der Waals surface area contributed by atoms with Crippen LogP contribution in [0.5, 0.6) is 11.8 Å². The lowest BCUT2D eigenvalue weighted by Gasteiger charge is -2.29. The zero-order valence-corrected chi connectivity index (χ0v) is 12.3. The lowest BCUT2D eigenvalue weighted by Crippen LogP contribution is -2.31. The first kappa shape index (κ1) is 13.0. The first-order valence-electron chi connectivity index (χ1n) is 6.28. The lowest BCUT2D eigenvalue weighted by molar-refractivity contribution is 0.376. The second-order valence-electron chi connectivity index (χ2n) is 5.91. The van der Waals surface area contributed by atoms with E-state index < -0.39 is 8.07 Å². The molecule has 2 rings (SSSR count). The number of nitrogens with zero attached hydrogens (tertiary/aromatic N) is 1. The Morgan fingerprint density at radius 2 is 2.06 bits per heavy atom. The van der Waals surface area contributed by atoms with Gasteiger partial charge in [0, 0.05) is 23.2 Å². The van der Waals surface area contributed by atoms with Gasteiger partial charge in [-0.15, -0.1) is 6.58 Å². The summed E-state index contributed by atoms with van der Waals surface area (Å²) in [5.74, 6) is 0.397. The van der Waals surface area contributed by atoms with Crippen molar-refractivity contribution in [3.63, 3.8) is 0 Å². The number of rotatable bonds is 3. The molecule has 98 valence electrons. The van der Waals surface area contributed by atoms with Crippen molar-refractivity contribution < 1.29 is 10.2 Å². The van der Waals surface area contributed by atoms with Crippen LogP contribution in [0.25, 0.3) is 0 Å². The molecule has 4 heteroatoms. The van der Waals surface area contributed by atoms with E-state index in [0.29, 0.717) is 13.0 Å². The fourth-order valence-corrected chi connectivity index (χ4v) is 4.52. The van der Waals surface area contributed by atoms with Gasteiger partial charge >= 0.3 is 0 Å². The molecule has 0 saturated heterocycles. The molecule has 0 bridgehead atoms. The summed E-state index contributed by atoms with van der Waals surface area (Å²) >= 11 is 0. The molecule has 0 radical (unpaired) electrons. The molecule has 1 heterocycles. The van der Waals surface area contributed by atoms with Crippen LogP contribution in [0.1, 0.15) is 16.7 Å². The van der Waals surface area contributed by atoms with Crippen molar-refractivity contribution in [1.29, 1.82) is 0 Å². The summed E-state index contributed by atoms with van der Waals surface area (Å²) in [6, 6.07) is 0. The van der Waals surface area contributed by atoms with Crippen molar-refractivity contribution in [2.24, 2.45) is 0 Å². The summed E-state index contributed by atoms with van der Waals surface area (Å²) in [5, 5.41) is 20.6. The van der Waals surface area contributed by atoms with E-state index in [1.807, 2.05) is 0 Å². The Hall–Kier alpha value is -1.42. The number of fused-ring (bicyclic) bond motifs is 1. The molecule has 1 aromatic rings. The highest BCUT2D eigenvalue weighted by molar-refractivity contribution is 6.78. The smallest absolute Gasteiger partial charge is 0.198 e. The van der Waals surface area contributed by atoms with Crippen molar-refractivity contribution in [2.45, 2.75) is 38.1 Å². The molecule has 0 spiro atoms. The summed E-state index contributed by atoms with van der Waals surface area (Å²) < 4.78 is 1.54. The molecule has 1 aromatic heterocycles.